The zero-order valence-electron chi connectivity index (χ0n) is 12.1. The Balaban J connectivity index is 2.77. The first kappa shape index (κ1) is 15.4. The molecule has 1 aromatic rings. The molecule has 19 heavy (non-hydrogen) atoms. The quantitative estimate of drug-likeness (QED) is 0.816. The number of amides is 1. The molecule has 2 N–H and O–H groups in total. The highest BCUT2D eigenvalue weighted by atomic mass is 16.3. The van der Waals surface area contributed by atoms with Crippen LogP contribution in [0.5, 0.6) is 0 Å². The van der Waals surface area contributed by atoms with Crippen molar-refractivity contribution in [3.63, 3.8) is 0 Å². The number of anilines is 1. The first-order valence-electron chi connectivity index (χ1n) is 6.48. The van der Waals surface area contributed by atoms with Crippen molar-refractivity contribution in [2.75, 3.05) is 25.6 Å². The number of carbonyl (C=O) groups is 1. The summed E-state index contributed by atoms with van der Waals surface area (Å²) >= 11 is 0. The van der Waals surface area contributed by atoms with E-state index >= 15 is 0 Å². The summed E-state index contributed by atoms with van der Waals surface area (Å²) in [4.78, 5) is 18.2. The maximum absolute atomic E-state index is 12.1. The van der Waals surface area contributed by atoms with E-state index in [-0.39, 0.29) is 18.1 Å². The number of carbonyl (C=O) groups excluding carboxylic acids is 1. The minimum Gasteiger partial charge on any atom is -0.396 e. The zero-order chi connectivity index (χ0) is 14.5. The monoisotopic (exact) mass is 265 g/mol. The molecule has 5 heteroatoms. The van der Waals surface area contributed by atoms with Gasteiger partial charge in [0.2, 0.25) is 0 Å². The highest BCUT2D eigenvalue weighted by molar-refractivity contribution is 5.94. The molecule has 5 nitrogen and oxygen atoms in total. The maximum atomic E-state index is 12.1. The zero-order valence-corrected chi connectivity index (χ0v) is 12.1. The molecule has 0 radical (unpaired) electrons. The molecule has 1 rings (SSSR count). The SMILES string of the molecule is CCC(C)(CCO)NC(=O)c1ccc(N(C)C)nc1. The van der Waals surface area contributed by atoms with Gasteiger partial charge in [0.05, 0.1) is 5.56 Å². The Morgan fingerprint density at radius 3 is 2.58 bits per heavy atom. The van der Waals surface area contributed by atoms with Gasteiger partial charge in [0.15, 0.2) is 0 Å². The summed E-state index contributed by atoms with van der Waals surface area (Å²) < 4.78 is 0. The molecule has 1 unspecified atom stereocenters. The molecule has 0 aliphatic heterocycles. The average molecular weight is 265 g/mol. The minimum atomic E-state index is -0.383. The van der Waals surface area contributed by atoms with Gasteiger partial charge in [-0.3, -0.25) is 4.79 Å². The Hall–Kier alpha value is -1.62. The normalized spacial score (nSPS) is 13.7. The summed E-state index contributed by atoms with van der Waals surface area (Å²) in [6.45, 7) is 3.98. The standard InChI is InChI=1S/C14H23N3O2/c1-5-14(2,8-9-18)16-13(19)11-6-7-12(15-10-11)17(3)4/h6-7,10,18H,5,8-9H2,1-4H3,(H,16,19). The van der Waals surface area contributed by atoms with E-state index in [0.717, 1.165) is 12.2 Å². The van der Waals surface area contributed by atoms with Gasteiger partial charge in [0.25, 0.3) is 5.91 Å². The Morgan fingerprint density at radius 1 is 1.47 bits per heavy atom. The van der Waals surface area contributed by atoms with Gasteiger partial charge < -0.3 is 15.3 Å². The fraction of sp³-hybridized carbons (Fsp3) is 0.571. The van der Waals surface area contributed by atoms with Crippen molar-refractivity contribution in [3.8, 4) is 0 Å². The molecule has 0 bridgehead atoms. The Bertz CT molecular complexity index is 417. The Labute approximate surface area is 114 Å². The molecule has 0 fully saturated rings. The minimum absolute atomic E-state index is 0.0580. The van der Waals surface area contributed by atoms with Crippen LogP contribution in [0.3, 0.4) is 0 Å². The van der Waals surface area contributed by atoms with E-state index in [4.69, 9.17) is 5.11 Å². The first-order chi connectivity index (χ1) is 8.91. The maximum Gasteiger partial charge on any atom is 0.253 e. The summed E-state index contributed by atoms with van der Waals surface area (Å²) in [7, 11) is 3.80. The van der Waals surface area contributed by atoms with Crippen molar-refractivity contribution < 1.29 is 9.90 Å². The Morgan fingerprint density at radius 2 is 2.16 bits per heavy atom. The lowest BCUT2D eigenvalue weighted by Crippen LogP contribution is -2.46. The second-order valence-corrected chi connectivity index (χ2v) is 5.14. The van der Waals surface area contributed by atoms with Crippen LogP contribution < -0.4 is 10.2 Å². The molecule has 0 aliphatic rings. The topological polar surface area (TPSA) is 65.5 Å². The number of aliphatic hydroxyl groups is 1. The fourth-order valence-electron chi connectivity index (χ4n) is 1.71. The van der Waals surface area contributed by atoms with Crippen molar-refractivity contribution in [2.45, 2.75) is 32.2 Å². The molecular weight excluding hydrogens is 242 g/mol. The number of rotatable bonds is 6. The van der Waals surface area contributed by atoms with Gasteiger partial charge in [-0.25, -0.2) is 4.98 Å². The van der Waals surface area contributed by atoms with Gasteiger partial charge in [-0.15, -0.1) is 0 Å². The molecule has 1 heterocycles. The molecule has 106 valence electrons. The van der Waals surface area contributed by atoms with Crippen LogP contribution in [0, 0.1) is 0 Å². The second-order valence-electron chi connectivity index (χ2n) is 5.14. The lowest BCUT2D eigenvalue weighted by molar-refractivity contribution is 0.0886. The van der Waals surface area contributed by atoms with Gasteiger partial charge in [0, 0.05) is 32.4 Å². The van der Waals surface area contributed by atoms with Crippen LogP contribution in [0.1, 0.15) is 37.0 Å². The van der Waals surface area contributed by atoms with Gasteiger partial charge in [-0.2, -0.15) is 0 Å². The Kier molecular flexibility index (Phi) is 5.30. The molecular formula is C14H23N3O2. The summed E-state index contributed by atoms with van der Waals surface area (Å²) in [6.07, 6.45) is 2.88. The van der Waals surface area contributed by atoms with Crippen LogP contribution in [0.2, 0.25) is 0 Å². The number of aromatic nitrogens is 1. The fourth-order valence-corrected chi connectivity index (χ4v) is 1.71. The van der Waals surface area contributed by atoms with Crippen molar-refractivity contribution in [2.24, 2.45) is 0 Å². The summed E-state index contributed by atoms with van der Waals surface area (Å²) in [6, 6.07) is 3.57. The van der Waals surface area contributed by atoms with Crippen molar-refractivity contribution in [3.05, 3.63) is 23.9 Å². The van der Waals surface area contributed by atoms with E-state index in [0.29, 0.717) is 12.0 Å². The highest BCUT2D eigenvalue weighted by Gasteiger charge is 2.24. The van der Waals surface area contributed by atoms with E-state index in [1.54, 1.807) is 12.3 Å². The van der Waals surface area contributed by atoms with Crippen LogP contribution in [0.15, 0.2) is 18.3 Å². The van der Waals surface area contributed by atoms with E-state index in [9.17, 15) is 4.79 Å². The number of aliphatic hydroxyl groups excluding tert-OH is 1. The third-order valence-electron chi connectivity index (χ3n) is 3.33. The van der Waals surface area contributed by atoms with Crippen LogP contribution in [0.4, 0.5) is 5.82 Å². The largest absolute Gasteiger partial charge is 0.396 e. The van der Waals surface area contributed by atoms with E-state index in [1.807, 2.05) is 38.9 Å². The molecule has 0 aromatic carbocycles. The number of hydrogen-bond donors (Lipinski definition) is 2. The van der Waals surface area contributed by atoms with Crippen molar-refractivity contribution >= 4 is 11.7 Å². The van der Waals surface area contributed by atoms with Crippen LogP contribution in [0.25, 0.3) is 0 Å². The lowest BCUT2D eigenvalue weighted by Gasteiger charge is -2.29. The lowest BCUT2D eigenvalue weighted by atomic mass is 9.94. The summed E-state index contributed by atoms with van der Waals surface area (Å²) in [5, 5.41) is 12.0. The molecule has 0 saturated heterocycles. The molecule has 1 amide bonds. The van der Waals surface area contributed by atoms with E-state index < -0.39 is 0 Å². The average Bonchev–Trinajstić information content (AvgIpc) is 2.39. The van der Waals surface area contributed by atoms with E-state index in [1.165, 1.54) is 0 Å². The predicted molar refractivity (Wildman–Crippen MR) is 76.4 cm³/mol. The number of hydrogen-bond acceptors (Lipinski definition) is 4. The molecule has 0 saturated carbocycles. The smallest absolute Gasteiger partial charge is 0.253 e. The predicted octanol–water partition coefficient (Wildman–Crippen LogP) is 1.43. The number of nitrogens with one attached hydrogen (secondary N) is 1. The highest BCUT2D eigenvalue weighted by Crippen LogP contribution is 2.15. The number of pyridine rings is 1. The molecule has 0 aliphatic carbocycles. The van der Waals surface area contributed by atoms with Crippen molar-refractivity contribution in [1.82, 2.24) is 10.3 Å². The first-order valence-corrected chi connectivity index (χ1v) is 6.48. The van der Waals surface area contributed by atoms with Gasteiger partial charge in [-0.1, -0.05) is 6.92 Å². The van der Waals surface area contributed by atoms with Gasteiger partial charge in [-0.05, 0) is 31.9 Å². The third-order valence-corrected chi connectivity index (χ3v) is 3.33. The van der Waals surface area contributed by atoms with Crippen LogP contribution in [-0.2, 0) is 0 Å². The van der Waals surface area contributed by atoms with Gasteiger partial charge in [0.1, 0.15) is 5.82 Å². The molecule has 0 spiro atoms. The summed E-state index contributed by atoms with van der Waals surface area (Å²) in [5.41, 5.74) is 0.148. The molecule has 1 atom stereocenters. The van der Waals surface area contributed by atoms with E-state index in [2.05, 4.69) is 10.3 Å². The second kappa shape index (κ2) is 6.52. The van der Waals surface area contributed by atoms with Gasteiger partial charge >= 0.3 is 0 Å². The molecule has 1 aromatic heterocycles. The third kappa shape index (κ3) is 4.21. The summed E-state index contributed by atoms with van der Waals surface area (Å²) in [5.74, 6) is 0.653. The van der Waals surface area contributed by atoms with Crippen molar-refractivity contribution in [1.29, 1.82) is 0 Å². The van der Waals surface area contributed by atoms with Crippen LogP contribution >= 0.6 is 0 Å². The van der Waals surface area contributed by atoms with Crippen LogP contribution in [-0.4, -0.2) is 42.2 Å². The number of nitrogens with zero attached hydrogens (tertiary/aromatic N) is 2.